The summed E-state index contributed by atoms with van der Waals surface area (Å²) in [7, 11) is 1.64. The summed E-state index contributed by atoms with van der Waals surface area (Å²) in [5.41, 5.74) is 8.24. The van der Waals surface area contributed by atoms with Crippen LogP contribution in [0.1, 0.15) is 17.2 Å². The molecule has 0 aliphatic carbocycles. The highest BCUT2D eigenvalue weighted by molar-refractivity contribution is 9.10. The first-order valence-corrected chi connectivity index (χ1v) is 7.58. The van der Waals surface area contributed by atoms with Gasteiger partial charge in [0.05, 0.1) is 7.11 Å². The minimum absolute atomic E-state index is 0.186. The summed E-state index contributed by atoms with van der Waals surface area (Å²) < 4.78 is 6.23. The summed E-state index contributed by atoms with van der Waals surface area (Å²) in [4.78, 5) is 0. The predicted octanol–water partition coefficient (Wildman–Crippen LogP) is 5.01. The highest BCUT2D eigenvalue weighted by Gasteiger charge is 2.12. The van der Waals surface area contributed by atoms with Crippen molar-refractivity contribution in [1.29, 1.82) is 0 Å². The lowest BCUT2D eigenvalue weighted by molar-refractivity contribution is 0.414. The summed E-state index contributed by atoms with van der Waals surface area (Å²) in [6.07, 6.45) is 0.661. The molecule has 0 spiro atoms. The van der Waals surface area contributed by atoms with Gasteiger partial charge in [0.2, 0.25) is 0 Å². The minimum Gasteiger partial charge on any atom is -0.497 e. The van der Waals surface area contributed by atoms with Gasteiger partial charge in [-0.25, -0.2) is 0 Å². The van der Waals surface area contributed by atoms with Gasteiger partial charge in [0, 0.05) is 20.6 Å². The van der Waals surface area contributed by atoms with E-state index >= 15 is 0 Å². The molecule has 2 aromatic carbocycles. The quantitative estimate of drug-likeness (QED) is 0.816. The minimum atomic E-state index is -0.186. The second-order valence-electron chi connectivity index (χ2n) is 4.47. The number of nitrogens with two attached hydrogens (primary N) is 1. The first-order chi connectivity index (χ1) is 9.49. The Morgan fingerprint density at radius 2 is 1.80 bits per heavy atom. The van der Waals surface area contributed by atoms with E-state index < -0.39 is 0 Å². The molecule has 5 heteroatoms. The largest absolute Gasteiger partial charge is 0.497 e. The van der Waals surface area contributed by atoms with E-state index in [1.807, 2.05) is 30.3 Å². The van der Waals surface area contributed by atoms with Crippen molar-refractivity contribution in [2.45, 2.75) is 12.5 Å². The summed E-state index contributed by atoms with van der Waals surface area (Å²) >= 11 is 15.5. The lowest BCUT2D eigenvalue weighted by Crippen LogP contribution is -2.13. The zero-order chi connectivity index (χ0) is 14.7. The maximum Gasteiger partial charge on any atom is 0.119 e. The van der Waals surface area contributed by atoms with Gasteiger partial charge in [-0.3, -0.25) is 0 Å². The van der Waals surface area contributed by atoms with Crippen LogP contribution in [0.4, 0.5) is 0 Å². The Hall–Kier alpha value is -0.740. The van der Waals surface area contributed by atoms with E-state index in [9.17, 15) is 0 Å². The second kappa shape index (κ2) is 6.81. The van der Waals surface area contributed by atoms with Crippen molar-refractivity contribution in [2.24, 2.45) is 5.73 Å². The molecule has 106 valence electrons. The van der Waals surface area contributed by atoms with Gasteiger partial charge in [0.1, 0.15) is 5.75 Å². The molecule has 0 heterocycles. The molecule has 2 N–H and O–H groups in total. The molecule has 0 fully saturated rings. The third kappa shape index (κ3) is 3.89. The molecule has 1 unspecified atom stereocenters. The van der Waals surface area contributed by atoms with E-state index in [2.05, 4.69) is 15.9 Å². The molecule has 0 radical (unpaired) electrons. The number of methoxy groups -OCH3 is 1. The first kappa shape index (κ1) is 15.6. The van der Waals surface area contributed by atoms with Crippen molar-refractivity contribution in [1.82, 2.24) is 0 Å². The van der Waals surface area contributed by atoms with Crippen LogP contribution in [-0.2, 0) is 6.42 Å². The lowest BCUT2D eigenvalue weighted by Gasteiger charge is -2.15. The molecule has 0 bridgehead atoms. The van der Waals surface area contributed by atoms with E-state index in [4.69, 9.17) is 33.7 Å². The van der Waals surface area contributed by atoms with Crippen molar-refractivity contribution >= 4 is 39.1 Å². The predicted molar refractivity (Wildman–Crippen MR) is 87.8 cm³/mol. The van der Waals surface area contributed by atoms with Crippen molar-refractivity contribution in [3.63, 3.8) is 0 Å². The molecule has 0 aliphatic rings. The topological polar surface area (TPSA) is 35.2 Å². The molecule has 0 aromatic heterocycles. The molecule has 2 aromatic rings. The third-order valence-corrected chi connectivity index (χ3v) is 4.22. The van der Waals surface area contributed by atoms with Crippen molar-refractivity contribution in [3.05, 3.63) is 62.0 Å². The molecule has 0 saturated heterocycles. The Labute approximate surface area is 137 Å². The number of hydrogen-bond acceptors (Lipinski definition) is 2. The molecular weight excluding hydrogens is 361 g/mol. The van der Waals surface area contributed by atoms with E-state index in [1.54, 1.807) is 13.2 Å². The van der Waals surface area contributed by atoms with Crippen molar-refractivity contribution < 1.29 is 4.74 Å². The molecular formula is C15H14BrCl2NO. The Morgan fingerprint density at radius 3 is 2.40 bits per heavy atom. The smallest absolute Gasteiger partial charge is 0.119 e. The molecule has 2 nitrogen and oxygen atoms in total. The average molecular weight is 375 g/mol. The summed E-state index contributed by atoms with van der Waals surface area (Å²) in [5.74, 6) is 0.805. The normalized spacial score (nSPS) is 12.2. The van der Waals surface area contributed by atoms with Crippen LogP contribution < -0.4 is 10.5 Å². The van der Waals surface area contributed by atoms with E-state index in [-0.39, 0.29) is 6.04 Å². The maximum atomic E-state index is 6.25. The van der Waals surface area contributed by atoms with Gasteiger partial charge >= 0.3 is 0 Å². The van der Waals surface area contributed by atoms with Gasteiger partial charge in [0.15, 0.2) is 0 Å². The number of benzene rings is 2. The number of ether oxygens (including phenoxy) is 1. The average Bonchev–Trinajstić information content (AvgIpc) is 2.40. The van der Waals surface area contributed by atoms with Gasteiger partial charge in [-0.05, 0) is 53.9 Å². The Kier molecular flexibility index (Phi) is 5.33. The van der Waals surface area contributed by atoms with E-state index in [0.29, 0.717) is 16.5 Å². The molecule has 0 aliphatic heterocycles. The number of halogens is 3. The van der Waals surface area contributed by atoms with Crippen LogP contribution in [0.5, 0.6) is 5.75 Å². The number of rotatable bonds is 4. The summed E-state index contributed by atoms with van der Waals surface area (Å²) in [6.45, 7) is 0. The summed E-state index contributed by atoms with van der Waals surface area (Å²) in [6, 6.07) is 11.0. The van der Waals surface area contributed by atoms with Crippen molar-refractivity contribution in [2.75, 3.05) is 7.11 Å². The van der Waals surface area contributed by atoms with Crippen LogP contribution in [0.3, 0.4) is 0 Å². The highest BCUT2D eigenvalue weighted by atomic mass is 79.9. The van der Waals surface area contributed by atoms with Crippen LogP contribution in [-0.4, -0.2) is 7.11 Å². The van der Waals surface area contributed by atoms with E-state index in [0.717, 1.165) is 21.3 Å². The number of hydrogen-bond donors (Lipinski definition) is 1. The van der Waals surface area contributed by atoms with Crippen LogP contribution in [0, 0.1) is 0 Å². The second-order valence-corrected chi connectivity index (χ2v) is 6.20. The molecule has 20 heavy (non-hydrogen) atoms. The molecule has 1 atom stereocenters. The van der Waals surface area contributed by atoms with Crippen LogP contribution in [0.15, 0.2) is 40.9 Å². The third-order valence-electron chi connectivity index (χ3n) is 3.01. The zero-order valence-corrected chi connectivity index (χ0v) is 14.0. The fraction of sp³-hybridized carbons (Fsp3) is 0.200. The maximum absolute atomic E-state index is 6.25. The van der Waals surface area contributed by atoms with Gasteiger partial charge in [-0.15, -0.1) is 0 Å². The van der Waals surface area contributed by atoms with Crippen LogP contribution in [0.25, 0.3) is 0 Å². The zero-order valence-electron chi connectivity index (χ0n) is 10.9. The van der Waals surface area contributed by atoms with Gasteiger partial charge < -0.3 is 10.5 Å². The fourth-order valence-corrected chi connectivity index (χ4v) is 2.93. The van der Waals surface area contributed by atoms with Crippen LogP contribution in [0.2, 0.25) is 10.0 Å². The summed E-state index contributed by atoms with van der Waals surface area (Å²) in [5, 5.41) is 1.18. The van der Waals surface area contributed by atoms with Gasteiger partial charge in [-0.1, -0.05) is 39.1 Å². The highest BCUT2D eigenvalue weighted by Crippen LogP contribution is 2.28. The Morgan fingerprint density at radius 1 is 1.15 bits per heavy atom. The SMILES string of the molecule is COc1ccc(Br)c(CC(N)c2cc(Cl)cc(Cl)c2)c1. The van der Waals surface area contributed by atoms with Crippen LogP contribution >= 0.6 is 39.1 Å². The van der Waals surface area contributed by atoms with Gasteiger partial charge in [0.25, 0.3) is 0 Å². The lowest BCUT2D eigenvalue weighted by atomic mass is 9.99. The molecule has 2 rings (SSSR count). The van der Waals surface area contributed by atoms with Gasteiger partial charge in [-0.2, -0.15) is 0 Å². The molecule has 0 amide bonds. The monoisotopic (exact) mass is 373 g/mol. The Balaban J connectivity index is 2.24. The first-order valence-electron chi connectivity index (χ1n) is 6.03. The van der Waals surface area contributed by atoms with E-state index in [1.165, 1.54) is 0 Å². The Bertz CT molecular complexity index is 599. The standard InChI is InChI=1S/C15H14BrCl2NO/c1-20-13-2-3-14(16)9(6-13)7-15(19)10-4-11(17)8-12(18)5-10/h2-6,8,15H,7,19H2,1H3. The fourth-order valence-electron chi connectivity index (χ4n) is 1.98. The van der Waals surface area contributed by atoms with Crippen molar-refractivity contribution in [3.8, 4) is 5.75 Å². The molecule has 0 saturated carbocycles.